The molecule has 0 fully saturated rings. The number of pyridine rings is 1. The van der Waals surface area contributed by atoms with Crippen molar-refractivity contribution in [2.75, 3.05) is 0 Å². The number of aromatic nitrogens is 3. The Morgan fingerprint density at radius 3 is 2.21 bits per heavy atom. The van der Waals surface area contributed by atoms with Gasteiger partial charge in [-0.3, -0.25) is 4.98 Å². The average Bonchev–Trinajstić information content (AvgIpc) is 3.41. The van der Waals surface area contributed by atoms with Crippen molar-refractivity contribution in [2.45, 2.75) is 51.6 Å². The number of ether oxygens (including phenoxy) is 1. The fourth-order valence-electron chi connectivity index (χ4n) is 4.33. The number of hydrogen-bond donors (Lipinski definition) is 0. The summed E-state index contributed by atoms with van der Waals surface area (Å²) < 4.78 is 6.24. The van der Waals surface area contributed by atoms with E-state index in [2.05, 4.69) is 60.4 Å². The molecule has 0 aliphatic carbocycles. The zero-order chi connectivity index (χ0) is 22.9. The van der Waals surface area contributed by atoms with Gasteiger partial charge < -0.3 is 14.9 Å². The molecule has 0 bridgehead atoms. The van der Waals surface area contributed by atoms with Crippen LogP contribution in [-0.4, -0.2) is 18.2 Å². The monoisotopic (exact) mass is 649 g/mol. The largest absolute Gasteiger partial charge is 3.00 e. The van der Waals surface area contributed by atoms with Crippen LogP contribution in [0.2, 0.25) is 12.1 Å². The fourth-order valence-corrected chi connectivity index (χ4v) is 9.34. The van der Waals surface area contributed by atoms with Crippen molar-refractivity contribution in [3.8, 4) is 22.8 Å². The third-order valence-corrected chi connectivity index (χ3v) is 11.1. The SMILES string of the molecule is CCCC[Si](CCCC)(c1[c-]c(Oc2[c-]c(-c3ccn[n-]3)ccc2)ccc1)c1ccccn1.[Au+3]. The predicted octanol–water partition coefficient (Wildman–Crippen LogP) is 5.65. The Morgan fingerprint density at radius 2 is 1.56 bits per heavy atom. The van der Waals surface area contributed by atoms with Crippen LogP contribution in [0.25, 0.3) is 11.3 Å². The van der Waals surface area contributed by atoms with Crippen LogP contribution in [0.1, 0.15) is 39.5 Å². The van der Waals surface area contributed by atoms with Gasteiger partial charge in [0.25, 0.3) is 0 Å². The van der Waals surface area contributed by atoms with Gasteiger partial charge in [0.1, 0.15) is 8.07 Å². The van der Waals surface area contributed by atoms with E-state index in [1.807, 2.05) is 42.6 Å². The van der Waals surface area contributed by atoms with E-state index in [-0.39, 0.29) is 22.4 Å². The van der Waals surface area contributed by atoms with E-state index in [1.165, 1.54) is 48.3 Å². The predicted molar refractivity (Wildman–Crippen MR) is 136 cm³/mol. The first kappa shape index (κ1) is 26.2. The Balaban J connectivity index is 0.00000324. The van der Waals surface area contributed by atoms with Crippen molar-refractivity contribution in [1.29, 1.82) is 0 Å². The van der Waals surface area contributed by atoms with E-state index < -0.39 is 8.07 Å². The topological polar surface area (TPSA) is 49.1 Å². The molecule has 0 aliphatic heterocycles. The van der Waals surface area contributed by atoms with Gasteiger partial charge in [-0.2, -0.15) is 22.9 Å². The summed E-state index contributed by atoms with van der Waals surface area (Å²) in [5.41, 5.74) is 1.66. The standard InChI is InChI=1S/C28H30N3OSi.Au/c1-3-5-19-33(20-6-4-2,28-15-7-8-17-29-28)26-14-10-13-25(22-26)32-24-12-9-11-23(21-24)27-16-18-30-31-27;/h7-18H,3-6,19-20H2,1-2H3;/q-3;+3. The molecule has 4 rings (SSSR count). The third-order valence-electron chi connectivity index (χ3n) is 6.08. The molecule has 0 unspecified atom stereocenters. The van der Waals surface area contributed by atoms with E-state index in [0.29, 0.717) is 5.75 Å². The molecule has 0 radical (unpaired) electrons. The molecule has 0 spiro atoms. The number of rotatable bonds is 11. The maximum atomic E-state index is 6.24. The van der Waals surface area contributed by atoms with Gasteiger partial charge in [0.2, 0.25) is 0 Å². The molecule has 4 nitrogen and oxygen atoms in total. The second-order valence-electron chi connectivity index (χ2n) is 8.38. The summed E-state index contributed by atoms with van der Waals surface area (Å²) in [4.78, 5) is 4.87. The van der Waals surface area contributed by atoms with Crippen molar-refractivity contribution in [2.24, 2.45) is 0 Å². The van der Waals surface area contributed by atoms with Gasteiger partial charge in [0, 0.05) is 23.0 Å². The van der Waals surface area contributed by atoms with E-state index >= 15 is 0 Å². The number of benzene rings is 2. The first-order valence-corrected chi connectivity index (χ1v) is 14.3. The van der Waals surface area contributed by atoms with Crippen LogP contribution >= 0.6 is 0 Å². The zero-order valence-electron chi connectivity index (χ0n) is 19.7. The summed E-state index contributed by atoms with van der Waals surface area (Å²) in [5, 5.41) is 10.6. The first-order chi connectivity index (χ1) is 16.2. The fraction of sp³-hybridized carbons (Fsp3) is 0.286. The van der Waals surface area contributed by atoms with Gasteiger partial charge in [0.15, 0.2) is 0 Å². The van der Waals surface area contributed by atoms with Gasteiger partial charge in [-0.1, -0.05) is 51.7 Å². The molecule has 2 aromatic carbocycles. The van der Waals surface area contributed by atoms with Crippen LogP contribution in [0, 0.1) is 12.1 Å². The number of unbranched alkanes of at least 4 members (excludes halogenated alkanes) is 2. The van der Waals surface area contributed by atoms with Crippen LogP contribution in [0.15, 0.2) is 73.1 Å². The Hall–Kier alpha value is -2.44. The molecular weight excluding hydrogens is 619 g/mol. The summed E-state index contributed by atoms with van der Waals surface area (Å²) in [6.45, 7) is 4.53. The summed E-state index contributed by atoms with van der Waals surface area (Å²) in [6.07, 6.45) is 8.36. The molecule has 2 aromatic heterocycles. The van der Waals surface area contributed by atoms with Crippen molar-refractivity contribution < 1.29 is 27.1 Å². The van der Waals surface area contributed by atoms with Gasteiger partial charge in [-0.05, 0) is 30.4 Å². The van der Waals surface area contributed by atoms with E-state index in [0.717, 1.165) is 17.0 Å². The molecule has 0 atom stereocenters. The molecule has 0 N–H and O–H groups in total. The quantitative estimate of drug-likeness (QED) is 0.156. The Labute approximate surface area is 219 Å². The maximum Gasteiger partial charge on any atom is 3.00 e. The van der Waals surface area contributed by atoms with E-state index in [9.17, 15) is 0 Å². The van der Waals surface area contributed by atoms with Crippen LogP contribution < -0.4 is 20.3 Å². The number of nitrogens with zero attached hydrogens (tertiary/aromatic N) is 3. The van der Waals surface area contributed by atoms with E-state index in [4.69, 9.17) is 9.72 Å². The Morgan fingerprint density at radius 1 is 0.824 bits per heavy atom. The van der Waals surface area contributed by atoms with Gasteiger partial charge in [0.05, 0.1) is 0 Å². The van der Waals surface area contributed by atoms with Crippen molar-refractivity contribution >= 4 is 18.6 Å². The van der Waals surface area contributed by atoms with Crippen molar-refractivity contribution in [1.82, 2.24) is 15.2 Å². The van der Waals surface area contributed by atoms with Crippen molar-refractivity contribution in [3.05, 3.63) is 85.2 Å². The summed E-state index contributed by atoms with van der Waals surface area (Å²) in [6, 6.07) is 29.7. The third kappa shape index (κ3) is 6.16. The molecule has 0 saturated heterocycles. The van der Waals surface area contributed by atoms with Crippen LogP contribution in [-0.2, 0) is 22.4 Å². The second-order valence-corrected chi connectivity index (χ2v) is 12.6. The molecule has 0 amide bonds. The molecule has 178 valence electrons. The minimum atomic E-state index is -2.07. The van der Waals surface area contributed by atoms with Crippen LogP contribution in [0.3, 0.4) is 0 Å². The first-order valence-electron chi connectivity index (χ1n) is 11.8. The normalized spacial score (nSPS) is 11.1. The van der Waals surface area contributed by atoms with Crippen LogP contribution in [0.4, 0.5) is 0 Å². The maximum absolute atomic E-state index is 6.24. The van der Waals surface area contributed by atoms with Gasteiger partial charge in [-0.15, -0.1) is 36.4 Å². The summed E-state index contributed by atoms with van der Waals surface area (Å²) in [5.74, 6) is 1.37. The van der Waals surface area contributed by atoms with Crippen LogP contribution in [0.5, 0.6) is 11.5 Å². The second kappa shape index (κ2) is 12.9. The minimum absolute atomic E-state index is 0. The Bertz CT molecular complexity index is 1130. The van der Waals surface area contributed by atoms with Gasteiger partial charge in [-0.25, -0.2) is 5.69 Å². The van der Waals surface area contributed by atoms with Crippen molar-refractivity contribution in [3.63, 3.8) is 0 Å². The van der Waals surface area contributed by atoms with Gasteiger partial charge >= 0.3 is 22.4 Å². The molecule has 6 heteroatoms. The van der Waals surface area contributed by atoms with E-state index in [1.54, 1.807) is 6.20 Å². The minimum Gasteiger partial charge on any atom is -0.619 e. The summed E-state index contributed by atoms with van der Waals surface area (Å²) in [7, 11) is -2.07. The molecule has 4 aromatic rings. The molecule has 2 heterocycles. The Kier molecular flexibility index (Phi) is 9.90. The molecule has 0 aliphatic rings. The molecule has 0 saturated carbocycles. The smallest absolute Gasteiger partial charge is 0.619 e. The zero-order valence-corrected chi connectivity index (χ0v) is 22.9. The average molecular weight is 650 g/mol. The molecule has 34 heavy (non-hydrogen) atoms. The molecular formula is C28H30AuN3OSi. The number of hydrogen-bond acceptors (Lipinski definition) is 3. The summed E-state index contributed by atoms with van der Waals surface area (Å²) >= 11 is 0.